The minimum Gasteiger partial charge on any atom is -0.379 e. The van der Waals surface area contributed by atoms with Crippen LogP contribution in [0, 0.1) is 0 Å². The summed E-state index contributed by atoms with van der Waals surface area (Å²) in [5.74, 6) is 0.317. The van der Waals surface area contributed by atoms with Crippen molar-refractivity contribution >= 4 is 11.6 Å². The van der Waals surface area contributed by atoms with Gasteiger partial charge in [0.25, 0.3) is 5.91 Å². The van der Waals surface area contributed by atoms with Crippen molar-refractivity contribution in [1.82, 2.24) is 19.7 Å². The number of hydrogen-bond acceptors (Lipinski definition) is 5. The average Bonchev–Trinajstić information content (AvgIpc) is 3.40. The fraction of sp³-hybridized carbons (Fsp3) is 0.444. The Kier molecular flexibility index (Phi) is 5.84. The summed E-state index contributed by atoms with van der Waals surface area (Å²) in [7, 11) is 1.87. The number of amides is 1. The number of likely N-dealkylation sites (tertiary alicyclic amines) is 1. The van der Waals surface area contributed by atoms with Crippen molar-refractivity contribution in [2.45, 2.75) is 43.7 Å². The molecule has 3 aliphatic rings. The molecule has 0 N–H and O–H groups in total. The second-order valence-corrected chi connectivity index (χ2v) is 10.6. The third-order valence-electron chi connectivity index (χ3n) is 8.09. The number of aromatic nitrogens is 3. The van der Waals surface area contributed by atoms with Gasteiger partial charge in [-0.3, -0.25) is 9.69 Å². The van der Waals surface area contributed by atoms with E-state index in [9.17, 15) is 22.4 Å². The largest absolute Gasteiger partial charge is 0.416 e. The van der Waals surface area contributed by atoms with Crippen molar-refractivity contribution in [2.75, 3.05) is 31.2 Å². The topological polar surface area (TPSA) is 63.5 Å². The van der Waals surface area contributed by atoms with E-state index in [1.54, 1.807) is 30.3 Å². The maximum absolute atomic E-state index is 14.2. The van der Waals surface area contributed by atoms with Crippen LogP contribution in [0.1, 0.15) is 51.4 Å². The first-order chi connectivity index (χ1) is 18.1. The third-order valence-corrected chi connectivity index (χ3v) is 8.09. The Balaban J connectivity index is 1.33. The lowest BCUT2D eigenvalue weighted by Crippen LogP contribution is -2.49. The number of halogens is 4. The second kappa shape index (κ2) is 8.88. The van der Waals surface area contributed by atoms with Gasteiger partial charge in [0, 0.05) is 49.3 Å². The Morgan fingerprint density at radius 1 is 1.18 bits per heavy atom. The molecule has 7 nitrogen and oxygen atoms in total. The first kappa shape index (κ1) is 25.0. The molecule has 1 aromatic heterocycles. The molecule has 0 bridgehead atoms. The van der Waals surface area contributed by atoms with Crippen LogP contribution in [0.3, 0.4) is 0 Å². The number of aryl methyl sites for hydroxylation is 1. The lowest BCUT2D eigenvalue weighted by atomic mass is 9.75. The monoisotopic (exact) mass is 529 g/mol. The van der Waals surface area contributed by atoms with Gasteiger partial charge in [-0.2, -0.15) is 13.2 Å². The minimum absolute atomic E-state index is 0.0309. The predicted octanol–water partition coefficient (Wildman–Crippen LogP) is 4.22. The normalized spacial score (nSPS) is 20.3. The highest BCUT2D eigenvalue weighted by molar-refractivity contribution is 6.10. The number of benzene rings is 2. The highest BCUT2D eigenvalue weighted by atomic mass is 19.4. The van der Waals surface area contributed by atoms with E-state index in [1.807, 2.05) is 29.8 Å². The fourth-order valence-electron chi connectivity index (χ4n) is 5.61. The van der Waals surface area contributed by atoms with Crippen LogP contribution >= 0.6 is 0 Å². The molecule has 4 heterocycles. The zero-order valence-corrected chi connectivity index (χ0v) is 21.0. The smallest absolute Gasteiger partial charge is 0.379 e. The lowest BCUT2D eigenvalue weighted by Gasteiger charge is -2.42. The van der Waals surface area contributed by atoms with Crippen molar-refractivity contribution in [2.24, 2.45) is 7.05 Å². The van der Waals surface area contributed by atoms with Crippen molar-refractivity contribution in [3.63, 3.8) is 0 Å². The Morgan fingerprint density at radius 2 is 1.95 bits per heavy atom. The molecular formula is C27H27F4N5O2. The zero-order valence-electron chi connectivity index (χ0n) is 21.0. The van der Waals surface area contributed by atoms with E-state index in [2.05, 4.69) is 10.2 Å². The molecule has 3 aromatic rings. The number of rotatable bonds is 6. The molecule has 11 heteroatoms. The number of alkyl halides is 4. The molecule has 200 valence electrons. The minimum atomic E-state index is -4.63. The van der Waals surface area contributed by atoms with E-state index in [1.165, 1.54) is 4.90 Å². The second-order valence-electron chi connectivity index (χ2n) is 10.6. The van der Waals surface area contributed by atoms with Crippen molar-refractivity contribution < 1.29 is 27.1 Å². The molecule has 2 aromatic carbocycles. The molecule has 3 aliphatic heterocycles. The number of hydrogen-bond donors (Lipinski definition) is 0. The van der Waals surface area contributed by atoms with Crippen LogP contribution < -0.4 is 4.90 Å². The maximum Gasteiger partial charge on any atom is 0.416 e. The van der Waals surface area contributed by atoms with Gasteiger partial charge in [0.2, 0.25) is 0 Å². The Hall–Kier alpha value is -3.31. The van der Waals surface area contributed by atoms with Crippen LogP contribution in [0.5, 0.6) is 0 Å². The molecule has 6 rings (SSSR count). The van der Waals surface area contributed by atoms with E-state index in [0.717, 1.165) is 17.5 Å². The fourth-order valence-corrected chi connectivity index (χ4v) is 5.61. The summed E-state index contributed by atoms with van der Waals surface area (Å²) in [5.41, 5.74) is 0.656. The standard InChI is InChI=1S/C27H27F4N5O2/c1-16(35-10-19(28)11-35)17-6-21-22(23(7-17)27(29,30)31)12-36(25(21)37)20-5-3-4-18(8-20)26(13-38-14-26)9-24-33-32-15-34(24)2/h3-8,15-16,19H,9-14H2,1-2H3. The summed E-state index contributed by atoms with van der Waals surface area (Å²) in [6.45, 7) is 2.84. The Labute approximate surface area is 217 Å². The van der Waals surface area contributed by atoms with Crippen LogP contribution in [-0.2, 0) is 36.3 Å². The van der Waals surface area contributed by atoms with Gasteiger partial charge in [-0.1, -0.05) is 12.1 Å². The van der Waals surface area contributed by atoms with Gasteiger partial charge in [-0.25, -0.2) is 4.39 Å². The number of anilines is 1. The van der Waals surface area contributed by atoms with Gasteiger partial charge in [0.05, 0.1) is 25.3 Å². The number of ether oxygens (including phenoxy) is 1. The molecule has 0 saturated carbocycles. The van der Waals surface area contributed by atoms with Crippen molar-refractivity contribution in [1.29, 1.82) is 0 Å². The van der Waals surface area contributed by atoms with Crippen LogP contribution in [0.25, 0.3) is 0 Å². The molecule has 0 spiro atoms. The first-order valence-electron chi connectivity index (χ1n) is 12.5. The average molecular weight is 530 g/mol. The van der Waals surface area contributed by atoms with Gasteiger partial charge < -0.3 is 14.2 Å². The molecule has 2 saturated heterocycles. The van der Waals surface area contributed by atoms with Gasteiger partial charge in [-0.05, 0) is 47.9 Å². The molecule has 0 radical (unpaired) electrons. The summed E-state index contributed by atoms with van der Waals surface area (Å²) < 4.78 is 63.3. The third kappa shape index (κ3) is 4.08. The number of carbonyl (C=O) groups excluding carboxylic acids is 1. The highest BCUT2D eigenvalue weighted by Gasteiger charge is 2.44. The number of fused-ring (bicyclic) bond motifs is 1. The van der Waals surface area contributed by atoms with Crippen molar-refractivity contribution in [3.8, 4) is 0 Å². The summed E-state index contributed by atoms with van der Waals surface area (Å²) in [6.07, 6.45) is -3.39. The van der Waals surface area contributed by atoms with Gasteiger partial charge >= 0.3 is 6.18 Å². The van der Waals surface area contributed by atoms with E-state index in [0.29, 0.717) is 30.9 Å². The zero-order chi connectivity index (χ0) is 26.8. The molecule has 38 heavy (non-hydrogen) atoms. The van der Waals surface area contributed by atoms with Crippen LogP contribution in [-0.4, -0.2) is 58.0 Å². The molecule has 1 unspecified atom stereocenters. The molecule has 1 amide bonds. The summed E-state index contributed by atoms with van der Waals surface area (Å²) in [5, 5.41) is 8.14. The van der Waals surface area contributed by atoms with Gasteiger partial charge in [-0.15, -0.1) is 10.2 Å². The van der Waals surface area contributed by atoms with E-state index >= 15 is 0 Å². The van der Waals surface area contributed by atoms with Crippen LogP contribution in [0.15, 0.2) is 42.7 Å². The van der Waals surface area contributed by atoms with E-state index in [-0.39, 0.29) is 36.2 Å². The Bertz CT molecular complexity index is 1390. The molecular weight excluding hydrogens is 502 g/mol. The molecule has 2 fully saturated rings. The quantitative estimate of drug-likeness (QED) is 0.448. The van der Waals surface area contributed by atoms with Gasteiger partial charge in [0.1, 0.15) is 18.3 Å². The summed E-state index contributed by atoms with van der Waals surface area (Å²) in [6, 6.07) is 9.58. The highest BCUT2D eigenvalue weighted by Crippen LogP contribution is 2.43. The van der Waals surface area contributed by atoms with E-state index in [4.69, 9.17) is 4.74 Å². The Morgan fingerprint density at radius 3 is 2.55 bits per heavy atom. The van der Waals surface area contributed by atoms with Gasteiger partial charge in [0.15, 0.2) is 0 Å². The first-order valence-corrected chi connectivity index (χ1v) is 12.5. The van der Waals surface area contributed by atoms with Crippen LogP contribution in [0.4, 0.5) is 23.2 Å². The summed E-state index contributed by atoms with van der Waals surface area (Å²) >= 11 is 0. The number of carbonyl (C=O) groups is 1. The predicted molar refractivity (Wildman–Crippen MR) is 130 cm³/mol. The van der Waals surface area contributed by atoms with Crippen molar-refractivity contribution in [3.05, 3.63) is 76.4 Å². The SMILES string of the molecule is CC(c1cc2c(c(C(F)(F)F)c1)CN(c1cccc(C3(Cc4nncn4C)COC3)c1)C2=O)N1CC(F)C1. The maximum atomic E-state index is 14.2. The van der Waals surface area contributed by atoms with Crippen LogP contribution in [0.2, 0.25) is 0 Å². The number of nitrogens with zero attached hydrogens (tertiary/aromatic N) is 5. The summed E-state index contributed by atoms with van der Waals surface area (Å²) in [4.78, 5) is 16.7. The molecule has 1 atom stereocenters. The van der Waals surface area contributed by atoms with E-state index < -0.39 is 29.9 Å². The lowest BCUT2D eigenvalue weighted by molar-refractivity contribution is -0.138. The molecule has 0 aliphatic carbocycles.